The standard InChI is InChI=1S/C17H25N3O3/c1-11(2)17(23)20-7-5-6-13(9-20)18-16(22)14-10-19(4)12(3)8-15(14)21/h8,10-11,13H,5-7,9H2,1-4H3,(H,18,22). The smallest absolute Gasteiger partial charge is 0.257 e. The summed E-state index contributed by atoms with van der Waals surface area (Å²) in [5.41, 5.74) is 0.673. The van der Waals surface area contributed by atoms with Gasteiger partial charge in [-0.3, -0.25) is 14.4 Å². The topological polar surface area (TPSA) is 71.4 Å². The van der Waals surface area contributed by atoms with Crippen molar-refractivity contribution in [3.05, 3.63) is 33.7 Å². The summed E-state index contributed by atoms with van der Waals surface area (Å²) in [5.74, 6) is -0.307. The van der Waals surface area contributed by atoms with E-state index in [0.29, 0.717) is 6.54 Å². The van der Waals surface area contributed by atoms with E-state index in [-0.39, 0.29) is 34.8 Å². The number of hydrogen-bond acceptors (Lipinski definition) is 3. The summed E-state index contributed by atoms with van der Waals surface area (Å²) >= 11 is 0. The molecule has 6 nitrogen and oxygen atoms in total. The highest BCUT2D eigenvalue weighted by Crippen LogP contribution is 2.13. The second-order valence-electron chi connectivity index (χ2n) is 6.56. The number of hydrogen-bond donors (Lipinski definition) is 1. The first-order chi connectivity index (χ1) is 10.8. The summed E-state index contributed by atoms with van der Waals surface area (Å²) in [7, 11) is 1.80. The van der Waals surface area contributed by atoms with Crippen LogP contribution in [0.15, 0.2) is 17.1 Å². The molecule has 0 aromatic carbocycles. The Morgan fingerprint density at radius 2 is 2.04 bits per heavy atom. The minimum absolute atomic E-state index is 0.0474. The molecule has 126 valence electrons. The van der Waals surface area contributed by atoms with Crippen LogP contribution in [0.1, 0.15) is 42.7 Å². The van der Waals surface area contributed by atoms with Crippen LogP contribution in [0.2, 0.25) is 0 Å². The first-order valence-corrected chi connectivity index (χ1v) is 8.06. The van der Waals surface area contributed by atoms with E-state index in [4.69, 9.17) is 0 Å². The minimum atomic E-state index is -0.366. The molecule has 2 heterocycles. The maximum Gasteiger partial charge on any atom is 0.257 e. The summed E-state index contributed by atoms with van der Waals surface area (Å²) in [6.07, 6.45) is 3.24. The number of aryl methyl sites for hydroxylation is 2. The highest BCUT2D eigenvalue weighted by Gasteiger charge is 2.26. The van der Waals surface area contributed by atoms with Gasteiger partial charge in [0.1, 0.15) is 5.56 Å². The fraction of sp³-hybridized carbons (Fsp3) is 0.588. The Bertz CT molecular complexity index is 664. The Kier molecular flexibility index (Phi) is 5.23. The zero-order valence-corrected chi connectivity index (χ0v) is 14.3. The number of carbonyl (C=O) groups is 2. The first-order valence-electron chi connectivity index (χ1n) is 8.06. The number of nitrogens with zero attached hydrogens (tertiary/aromatic N) is 2. The van der Waals surface area contributed by atoms with Crippen molar-refractivity contribution in [1.82, 2.24) is 14.8 Å². The molecule has 0 radical (unpaired) electrons. The monoisotopic (exact) mass is 319 g/mol. The van der Waals surface area contributed by atoms with Crippen LogP contribution >= 0.6 is 0 Å². The molecule has 1 aromatic heterocycles. The van der Waals surface area contributed by atoms with Gasteiger partial charge in [0, 0.05) is 50.1 Å². The average molecular weight is 319 g/mol. The van der Waals surface area contributed by atoms with Gasteiger partial charge in [0.15, 0.2) is 5.43 Å². The molecule has 1 atom stereocenters. The number of amides is 2. The maximum absolute atomic E-state index is 12.4. The van der Waals surface area contributed by atoms with Crippen molar-refractivity contribution in [3.8, 4) is 0 Å². The summed E-state index contributed by atoms with van der Waals surface area (Å²) < 4.78 is 1.76. The lowest BCUT2D eigenvalue weighted by Gasteiger charge is -2.34. The van der Waals surface area contributed by atoms with Gasteiger partial charge in [-0.25, -0.2) is 0 Å². The lowest BCUT2D eigenvalue weighted by atomic mass is 10.0. The average Bonchev–Trinajstić information content (AvgIpc) is 2.50. The molecule has 0 bridgehead atoms. The second kappa shape index (κ2) is 6.98. The highest BCUT2D eigenvalue weighted by atomic mass is 16.2. The predicted molar refractivity (Wildman–Crippen MR) is 88.3 cm³/mol. The lowest BCUT2D eigenvalue weighted by molar-refractivity contribution is -0.135. The van der Waals surface area contributed by atoms with Crippen molar-refractivity contribution in [2.45, 2.75) is 39.7 Å². The van der Waals surface area contributed by atoms with Crippen LogP contribution in [0.3, 0.4) is 0 Å². The highest BCUT2D eigenvalue weighted by molar-refractivity contribution is 5.94. The normalized spacial score (nSPS) is 18.1. The van der Waals surface area contributed by atoms with E-state index >= 15 is 0 Å². The number of nitrogens with one attached hydrogen (secondary N) is 1. The van der Waals surface area contributed by atoms with E-state index < -0.39 is 0 Å². The number of pyridine rings is 1. The van der Waals surface area contributed by atoms with E-state index in [1.807, 2.05) is 20.8 Å². The number of aromatic nitrogens is 1. The van der Waals surface area contributed by atoms with Crippen LogP contribution < -0.4 is 10.7 Å². The zero-order chi connectivity index (χ0) is 17.1. The number of piperidine rings is 1. The molecule has 1 saturated heterocycles. The molecular weight excluding hydrogens is 294 g/mol. The molecule has 1 aliphatic rings. The largest absolute Gasteiger partial charge is 0.354 e. The van der Waals surface area contributed by atoms with Crippen LogP contribution in [-0.4, -0.2) is 40.4 Å². The van der Waals surface area contributed by atoms with Gasteiger partial charge in [-0.05, 0) is 19.8 Å². The quantitative estimate of drug-likeness (QED) is 0.906. The molecule has 6 heteroatoms. The Balaban J connectivity index is 2.07. The van der Waals surface area contributed by atoms with Crippen molar-refractivity contribution >= 4 is 11.8 Å². The van der Waals surface area contributed by atoms with Gasteiger partial charge >= 0.3 is 0 Å². The molecule has 1 fully saturated rings. The number of rotatable bonds is 3. The zero-order valence-electron chi connectivity index (χ0n) is 14.3. The van der Waals surface area contributed by atoms with Crippen molar-refractivity contribution in [2.24, 2.45) is 13.0 Å². The van der Waals surface area contributed by atoms with Crippen LogP contribution in [-0.2, 0) is 11.8 Å². The van der Waals surface area contributed by atoms with Crippen LogP contribution in [0.4, 0.5) is 0 Å². The predicted octanol–water partition coefficient (Wildman–Crippen LogP) is 1.07. The SMILES string of the molecule is Cc1cc(=O)c(C(=O)NC2CCCN(C(=O)C(C)C)C2)cn1C. The third kappa shape index (κ3) is 4.00. The van der Waals surface area contributed by atoms with Gasteiger partial charge < -0.3 is 14.8 Å². The molecular formula is C17H25N3O3. The van der Waals surface area contributed by atoms with Crippen molar-refractivity contribution in [2.75, 3.05) is 13.1 Å². The summed E-state index contributed by atoms with van der Waals surface area (Å²) in [6, 6.07) is 1.36. The molecule has 1 unspecified atom stereocenters. The molecule has 2 rings (SSSR count). The van der Waals surface area contributed by atoms with Gasteiger partial charge in [-0.2, -0.15) is 0 Å². The van der Waals surface area contributed by atoms with E-state index in [1.54, 1.807) is 22.7 Å². The lowest BCUT2D eigenvalue weighted by Crippen LogP contribution is -2.51. The molecule has 23 heavy (non-hydrogen) atoms. The Morgan fingerprint density at radius 1 is 1.35 bits per heavy atom. The van der Waals surface area contributed by atoms with E-state index in [9.17, 15) is 14.4 Å². The fourth-order valence-corrected chi connectivity index (χ4v) is 2.82. The van der Waals surface area contributed by atoms with Crippen LogP contribution in [0.25, 0.3) is 0 Å². The molecule has 2 amide bonds. The van der Waals surface area contributed by atoms with E-state index in [2.05, 4.69) is 5.32 Å². The van der Waals surface area contributed by atoms with E-state index in [1.165, 1.54) is 6.07 Å². The Labute approximate surface area is 136 Å². The van der Waals surface area contributed by atoms with Gasteiger partial charge in [0.25, 0.3) is 5.91 Å². The second-order valence-corrected chi connectivity index (χ2v) is 6.56. The number of likely N-dealkylation sites (tertiary alicyclic amines) is 1. The molecule has 0 saturated carbocycles. The van der Waals surface area contributed by atoms with Gasteiger partial charge in [-0.1, -0.05) is 13.8 Å². The van der Waals surface area contributed by atoms with Crippen molar-refractivity contribution in [1.29, 1.82) is 0 Å². The summed E-state index contributed by atoms with van der Waals surface area (Å²) in [6.45, 7) is 6.81. The molecule has 0 aliphatic carbocycles. The third-order valence-corrected chi connectivity index (χ3v) is 4.29. The molecule has 1 aromatic rings. The summed E-state index contributed by atoms with van der Waals surface area (Å²) in [4.78, 5) is 38.3. The van der Waals surface area contributed by atoms with Crippen molar-refractivity contribution < 1.29 is 9.59 Å². The van der Waals surface area contributed by atoms with Gasteiger partial charge in [0.2, 0.25) is 5.91 Å². The molecule has 1 N–H and O–H groups in total. The third-order valence-electron chi connectivity index (χ3n) is 4.29. The van der Waals surface area contributed by atoms with Gasteiger partial charge in [0.05, 0.1) is 0 Å². The Morgan fingerprint density at radius 3 is 2.70 bits per heavy atom. The number of carbonyl (C=O) groups excluding carboxylic acids is 2. The van der Waals surface area contributed by atoms with Gasteiger partial charge in [-0.15, -0.1) is 0 Å². The molecule has 1 aliphatic heterocycles. The fourth-order valence-electron chi connectivity index (χ4n) is 2.82. The van der Waals surface area contributed by atoms with E-state index in [0.717, 1.165) is 25.1 Å². The molecule has 0 spiro atoms. The maximum atomic E-state index is 12.4. The first kappa shape index (κ1) is 17.2. The van der Waals surface area contributed by atoms with Crippen LogP contribution in [0.5, 0.6) is 0 Å². The van der Waals surface area contributed by atoms with Crippen LogP contribution in [0, 0.1) is 12.8 Å². The minimum Gasteiger partial charge on any atom is -0.354 e. The Hall–Kier alpha value is -2.11. The van der Waals surface area contributed by atoms with Crippen molar-refractivity contribution in [3.63, 3.8) is 0 Å². The summed E-state index contributed by atoms with van der Waals surface area (Å²) in [5, 5.41) is 2.90.